The van der Waals surface area contributed by atoms with Gasteiger partial charge in [-0.3, -0.25) is 0 Å². The Morgan fingerprint density at radius 2 is 1.28 bits per heavy atom. The van der Waals surface area contributed by atoms with Crippen molar-refractivity contribution in [3.05, 3.63) is 9.81 Å². The van der Waals surface area contributed by atoms with E-state index in [1.807, 2.05) is 6.92 Å². The largest absolute Gasteiger partial charge is 0.391 e. The number of aliphatic hydroxyl groups excluding tert-OH is 2. The zero-order valence-electron chi connectivity index (χ0n) is 15.4. The maximum absolute atomic E-state index is 11.0. The van der Waals surface area contributed by atoms with Gasteiger partial charge >= 0.3 is 0 Å². The number of hydrogen-bond acceptors (Lipinski definition) is 7. The number of hydrogen-bond donors (Lipinski definition) is 2. The van der Waals surface area contributed by atoms with Gasteiger partial charge in [0.2, 0.25) is 0 Å². The molecular weight excluding hydrogens is 324 g/mol. The van der Waals surface area contributed by atoms with Crippen molar-refractivity contribution in [3.8, 4) is 0 Å². The first-order valence-corrected chi connectivity index (χ1v) is 9.55. The van der Waals surface area contributed by atoms with Gasteiger partial charge in [0.05, 0.1) is 12.2 Å². The van der Waals surface area contributed by atoms with E-state index in [1.54, 1.807) is 0 Å². The highest BCUT2D eigenvalue weighted by molar-refractivity contribution is 5.48. The van der Waals surface area contributed by atoms with Crippen molar-refractivity contribution >= 4 is 6.29 Å². The van der Waals surface area contributed by atoms with Crippen molar-refractivity contribution in [3.63, 3.8) is 0 Å². The highest BCUT2D eigenvalue weighted by Crippen LogP contribution is 2.20. The number of carbonyl (C=O) groups is 1. The summed E-state index contributed by atoms with van der Waals surface area (Å²) in [6.45, 7) is 2.05. The molecule has 7 heteroatoms. The van der Waals surface area contributed by atoms with E-state index in [2.05, 4.69) is 10.4 Å². The summed E-state index contributed by atoms with van der Waals surface area (Å²) in [5.41, 5.74) is 0. The molecule has 0 bridgehead atoms. The van der Waals surface area contributed by atoms with Crippen LogP contribution < -0.4 is 0 Å². The van der Waals surface area contributed by atoms with Crippen molar-refractivity contribution in [2.45, 2.75) is 108 Å². The van der Waals surface area contributed by atoms with Crippen LogP contribution in [0.25, 0.3) is 0 Å². The lowest BCUT2D eigenvalue weighted by Gasteiger charge is -2.22. The molecule has 4 unspecified atom stereocenters. The molecule has 0 saturated carbocycles. The van der Waals surface area contributed by atoms with Crippen LogP contribution in [0.2, 0.25) is 0 Å². The molecule has 0 aromatic heterocycles. The normalized spacial score (nSPS) is 16.0. The molecule has 4 atom stereocenters. The van der Waals surface area contributed by atoms with Crippen LogP contribution in [0.15, 0.2) is 10.4 Å². The Balaban J connectivity index is 4.14. The summed E-state index contributed by atoms with van der Waals surface area (Å²) < 4.78 is 0. The van der Waals surface area contributed by atoms with Gasteiger partial charge in [-0.2, -0.15) is 9.81 Å². The smallest absolute Gasteiger partial charge is 0.120 e. The molecule has 0 aromatic rings. The van der Waals surface area contributed by atoms with E-state index in [9.17, 15) is 24.8 Å². The number of unbranched alkanes of at least 4 members (excludes halogenated alkanes) is 7. The molecule has 0 aliphatic carbocycles. The highest BCUT2D eigenvalue weighted by atomic mass is 16.3. The number of rotatable bonds is 18. The topological polar surface area (TPSA) is 116 Å². The Morgan fingerprint density at radius 3 is 1.76 bits per heavy atom. The minimum Gasteiger partial charge on any atom is -0.391 e. The second-order valence-electron chi connectivity index (χ2n) is 6.72. The Kier molecular flexibility index (Phi) is 15.5. The Hall–Kier alpha value is -1.21. The number of carbonyl (C=O) groups excluding carboxylic acids is 1. The second kappa shape index (κ2) is 16.3. The quantitative estimate of drug-likeness (QED) is 0.219. The van der Waals surface area contributed by atoms with Crippen molar-refractivity contribution in [2.24, 2.45) is 10.4 Å². The molecule has 0 saturated heterocycles. The van der Waals surface area contributed by atoms with Gasteiger partial charge in [0, 0.05) is 12.8 Å². The van der Waals surface area contributed by atoms with Crippen LogP contribution in [-0.4, -0.2) is 40.8 Å². The molecule has 0 fully saturated rings. The first-order chi connectivity index (χ1) is 12.1. The van der Waals surface area contributed by atoms with Crippen LogP contribution in [0, 0.1) is 9.81 Å². The summed E-state index contributed by atoms with van der Waals surface area (Å²) in [7, 11) is 0. The van der Waals surface area contributed by atoms with Crippen LogP contribution in [0.4, 0.5) is 0 Å². The molecule has 0 amide bonds. The van der Waals surface area contributed by atoms with Gasteiger partial charge in [-0.05, 0) is 19.3 Å². The van der Waals surface area contributed by atoms with Crippen molar-refractivity contribution < 1.29 is 15.0 Å². The predicted molar refractivity (Wildman–Crippen MR) is 98.3 cm³/mol. The van der Waals surface area contributed by atoms with Crippen LogP contribution >= 0.6 is 0 Å². The van der Waals surface area contributed by atoms with Crippen molar-refractivity contribution in [1.82, 2.24) is 0 Å². The van der Waals surface area contributed by atoms with E-state index in [-0.39, 0.29) is 6.42 Å². The summed E-state index contributed by atoms with van der Waals surface area (Å²) in [6, 6.07) is -1.82. The molecule has 2 N–H and O–H groups in total. The summed E-state index contributed by atoms with van der Waals surface area (Å²) in [4.78, 5) is 32.2. The highest BCUT2D eigenvalue weighted by Gasteiger charge is 2.28. The van der Waals surface area contributed by atoms with E-state index >= 15 is 0 Å². The van der Waals surface area contributed by atoms with E-state index in [0.29, 0.717) is 19.3 Å². The molecule has 0 aliphatic rings. The lowest BCUT2D eigenvalue weighted by atomic mass is 9.94. The fourth-order valence-corrected chi connectivity index (χ4v) is 2.89. The van der Waals surface area contributed by atoms with Crippen LogP contribution in [-0.2, 0) is 4.79 Å². The van der Waals surface area contributed by atoms with Gasteiger partial charge < -0.3 is 15.0 Å². The SMILES string of the molecule is CCCCCC(O)C(CC(N=O)C(O)CCCCCCCC=O)N=O. The van der Waals surface area contributed by atoms with Gasteiger partial charge in [0.15, 0.2) is 0 Å². The number of aldehydes is 1. The van der Waals surface area contributed by atoms with Gasteiger partial charge in [0.25, 0.3) is 0 Å². The maximum Gasteiger partial charge on any atom is 0.120 e. The summed E-state index contributed by atoms with van der Waals surface area (Å²) >= 11 is 0. The van der Waals surface area contributed by atoms with Gasteiger partial charge in [-0.1, -0.05) is 62.2 Å². The van der Waals surface area contributed by atoms with Gasteiger partial charge in [-0.25, -0.2) is 0 Å². The molecule has 7 nitrogen and oxygen atoms in total. The molecule has 0 radical (unpaired) electrons. The lowest BCUT2D eigenvalue weighted by Crippen LogP contribution is -2.33. The van der Waals surface area contributed by atoms with E-state index in [0.717, 1.165) is 57.7 Å². The molecule has 0 rings (SSSR count). The van der Waals surface area contributed by atoms with Crippen LogP contribution in [0.1, 0.15) is 84.0 Å². The van der Waals surface area contributed by atoms with Crippen molar-refractivity contribution in [2.75, 3.05) is 0 Å². The molecule has 25 heavy (non-hydrogen) atoms. The Bertz CT molecular complexity index is 354. The molecule has 0 heterocycles. The third-order valence-corrected chi connectivity index (χ3v) is 4.57. The van der Waals surface area contributed by atoms with E-state index < -0.39 is 24.3 Å². The number of nitroso groups, excluding NO2 is 2. The number of nitrogens with zero attached hydrogens (tertiary/aromatic N) is 2. The lowest BCUT2D eigenvalue weighted by molar-refractivity contribution is -0.107. The third-order valence-electron chi connectivity index (χ3n) is 4.57. The summed E-state index contributed by atoms with van der Waals surface area (Å²) in [5.74, 6) is 0. The standard InChI is InChI=1S/C18H34N2O5/c1-2-3-8-11-17(22)15(19-24)14-16(20-25)18(23)12-9-6-4-5-7-10-13-21/h13,15-18,22-23H,2-12,14H2,1H3. The molecular formula is C18H34N2O5. The zero-order valence-corrected chi connectivity index (χ0v) is 15.4. The first-order valence-electron chi connectivity index (χ1n) is 9.55. The average molecular weight is 358 g/mol. The number of aliphatic hydroxyl groups is 2. The molecule has 0 spiro atoms. The van der Waals surface area contributed by atoms with Gasteiger partial charge in [0.1, 0.15) is 18.4 Å². The fraction of sp³-hybridized carbons (Fsp3) is 0.944. The van der Waals surface area contributed by atoms with Crippen LogP contribution in [0.3, 0.4) is 0 Å². The monoisotopic (exact) mass is 358 g/mol. The van der Waals surface area contributed by atoms with E-state index in [1.165, 1.54) is 0 Å². The maximum atomic E-state index is 11.0. The predicted octanol–water partition coefficient (Wildman–Crippen LogP) is 3.88. The zero-order chi connectivity index (χ0) is 18.9. The Morgan fingerprint density at radius 1 is 0.800 bits per heavy atom. The second-order valence-corrected chi connectivity index (χ2v) is 6.72. The molecule has 146 valence electrons. The Labute approximate surface area is 150 Å². The molecule has 0 aromatic carbocycles. The third kappa shape index (κ3) is 11.9. The summed E-state index contributed by atoms with van der Waals surface area (Å²) in [5, 5.41) is 26.0. The fourth-order valence-electron chi connectivity index (χ4n) is 2.89. The molecule has 0 aliphatic heterocycles. The summed E-state index contributed by atoms with van der Waals surface area (Å²) in [6.07, 6.45) is 7.86. The van der Waals surface area contributed by atoms with Crippen molar-refractivity contribution in [1.29, 1.82) is 0 Å². The average Bonchev–Trinajstić information content (AvgIpc) is 2.61. The van der Waals surface area contributed by atoms with E-state index in [4.69, 9.17) is 0 Å². The van der Waals surface area contributed by atoms with Gasteiger partial charge in [-0.15, -0.1) is 0 Å². The minimum absolute atomic E-state index is 0.0131. The first kappa shape index (κ1) is 23.8. The minimum atomic E-state index is -0.918. The van der Waals surface area contributed by atoms with Crippen LogP contribution in [0.5, 0.6) is 0 Å².